The van der Waals surface area contributed by atoms with E-state index in [0.717, 1.165) is 12.8 Å². The van der Waals surface area contributed by atoms with Crippen molar-refractivity contribution in [1.82, 2.24) is 25.5 Å². The second-order valence-electron chi connectivity index (χ2n) is 3.76. The summed E-state index contributed by atoms with van der Waals surface area (Å²) in [4.78, 5) is 13.8. The molecule has 1 amide bonds. The largest absolute Gasteiger partial charge is 0.333 e. The average Bonchev–Trinajstić information content (AvgIpc) is 2.91. The normalized spacial score (nSPS) is 16.9. The molecule has 0 aromatic carbocycles. The molecule has 82 valence electrons. The van der Waals surface area contributed by atoms with Crippen molar-refractivity contribution < 1.29 is 4.79 Å². The summed E-state index contributed by atoms with van der Waals surface area (Å²) in [6.07, 6.45) is 4.61. The Morgan fingerprint density at radius 2 is 2.27 bits per heavy atom. The number of hydrogen-bond donors (Lipinski definition) is 1. The molecule has 0 spiro atoms. The molecule has 0 bridgehead atoms. The van der Waals surface area contributed by atoms with Crippen molar-refractivity contribution in [3.05, 3.63) is 5.82 Å². The van der Waals surface area contributed by atoms with Gasteiger partial charge in [0.15, 0.2) is 0 Å². The summed E-state index contributed by atoms with van der Waals surface area (Å²) >= 11 is 0. The Morgan fingerprint density at radius 1 is 1.53 bits per heavy atom. The number of nitrogens with zero attached hydrogens (tertiary/aromatic N) is 4. The number of amides is 1. The summed E-state index contributed by atoms with van der Waals surface area (Å²) in [5.41, 5.74) is 0. The lowest BCUT2D eigenvalue weighted by molar-refractivity contribution is 0.0681. The second-order valence-corrected chi connectivity index (χ2v) is 3.76. The third-order valence-corrected chi connectivity index (χ3v) is 2.90. The molecule has 6 heteroatoms. The molecule has 1 fully saturated rings. The van der Waals surface area contributed by atoms with Crippen LogP contribution >= 0.6 is 0 Å². The monoisotopic (exact) mass is 209 g/mol. The highest BCUT2D eigenvalue weighted by Gasteiger charge is 2.28. The van der Waals surface area contributed by atoms with Gasteiger partial charge in [-0.3, -0.25) is 4.79 Å². The van der Waals surface area contributed by atoms with Gasteiger partial charge in [-0.15, -0.1) is 10.2 Å². The third-order valence-electron chi connectivity index (χ3n) is 2.90. The fourth-order valence-electron chi connectivity index (χ4n) is 2.16. The molecule has 1 saturated carbocycles. The van der Waals surface area contributed by atoms with E-state index in [9.17, 15) is 4.79 Å². The highest BCUT2D eigenvalue weighted by atomic mass is 16.2. The van der Waals surface area contributed by atoms with E-state index in [-0.39, 0.29) is 11.7 Å². The number of nitrogens with one attached hydrogen (secondary N) is 1. The van der Waals surface area contributed by atoms with Crippen LogP contribution < -0.4 is 0 Å². The summed E-state index contributed by atoms with van der Waals surface area (Å²) in [6.45, 7) is 2.69. The molecule has 15 heavy (non-hydrogen) atoms. The fraction of sp³-hybridized carbons (Fsp3) is 0.778. The van der Waals surface area contributed by atoms with Crippen molar-refractivity contribution in [2.24, 2.45) is 0 Å². The summed E-state index contributed by atoms with van der Waals surface area (Å²) < 4.78 is 0. The number of carbonyl (C=O) groups is 1. The molecule has 1 aromatic heterocycles. The second kappa shape index (κ2) is 4.37. The van der Waals surface area contributed by atoms with Crippen molar-refractivity contribution in [1.29, 1.82) is 0 Å². The Morgan fingerprint density at radius 3 is 2.80 bits per heavy atom. The van der Waals surface area contributed by atoms with E-state index in [4.69, 9.17) is 0 Å². The van der Waals surface area contributed by atoms with Crippen LogP contribution in [0.15, 0.2) is 0 Å². The van der Waals surface area contributed by atoms with E-state index < -0.39 is 0 Å². The van der Waals surface area contributed by atoms with Gasteiger partial charge in [0, 0.05) is 12.6 Å². The molecule has 1 aromatic rings. The molecular weight excluding hydrogens is 194 g/mol. The maximum absolute atomic E-state index is 12.0. The van der Waals surface area contributed by atoms with Gasteiger partial charge in [0.05, 0.1) is 0 Å². The SMILES string of the molecule is CCN(C(=O)c1nn[nH]n1)C1CCCC1. The Balaban J connectivity index is 2.09. The van der Waals surface area contributed by atoms with Crippen LogP contribution in [0.5, 0.6) is 0 Å². The van der Waals surface area contributed by atoms with Crippen molar-refractivity contribution in [3.63, 3.8) is 0 Å². The quantitative estimate of drug-likeness (QED) is 0.791. The van der Waals surface area contributed by atoms with Gasteiger partial charge in [-0.25, -0.2) is 0 Å². The highest BCUT2D eigenvalue weighted by molar-refractivity contribution is 5.90. The van der Waals surface area contributed by atoms with E-state index in [0.29, 0.717) is 12.6 Å². The van der Waals surface area contributed by atoms with E-state index >= 15 is 0 Å². The summed E-state index contributed by atoms with van der Waals surface area (Å²) in [5.74, 6) is 0.0573. The maximum Gasteiger partial charge on any atom is 0.295 e. The minimum atomic E-state index is -0.113. The molecule has 1 N–H and O–H groups in total. The van der Waals surface area contributed by atoms with Crippen molar-refractivity contribution in [3.8, 4) is 0 Å². The van der Waals surface area contributed by atoms with E-state index in [1.54, 1.807) is 0 Å². The van der Waals surface area contributed by atoms with Crippen molar-refractivity contribution >= 4 is 5.91 Å². The molecule has 0 atom stereocenters. The lowest BCUT2D eigenvalue weighted by Gasteiger charge is -2.26. The van der Waals surface area contributed by atoms with Crippen LogP contribution in [0.1, 0.15) is 43.2 Å². The smallest absolute Gasteiger partial charge is 0.295 e. The Bertz CT molecular complexity index is 317. The molecule has 0 saturated heterocycles. The molecule has 0 aliphatic heterocycles. The average molecular weight is 209 g/mol. The molecule has 0 radical (unpaired) electrons. The molecule has 2 rings (SSSR count). The van der Waals surface area contributed by atoms with Crippen LogP contribution in [-0.2, 0) is 0 Å². The number of aromatic nitrogens is 4. The Kier molecular flexibility index (Phi) is 2.94. The molecule has 0 unspecified atom stereocenters. The van der Waals surface area contributed by atoms with Gasteiger partial charge < -0.3 is 4.90 Å². The first-order chi connectivity index (χ1) is 7.33. The van der Waals surface area contributed by atoms with Crippen LogP contribution in [0.25, 0.3) is 0 Å². The maximum atomic E-state index is 12.0. The van der Waals surface area contributed by atoms with Crippen molar-refractivity contribution in [2.45, 2.75) is 38.6 Å². The number of H-pyrrole nitrogens is 1. The Labute approximate surface area is 88.0 Å². The van der Waals surface area contributed by atoms with Gasteiger partial charge in [-0.1, -0.05) is 12.8 Å². The van der Waals surface area contributed by atoms with Gasteiger partial charge in [-0.05, 0) is 25.0 Å². The van der Waals surface area contributed by atoms with Gasteiger partial charge >= 0.3 is 0 Å². The topological polar surface area (TPSA) is 74.8 Å². The lowest BCUT2D eigenvalue weighted by Crippen LogP contribution is -2.39. The summed E-state index contributed by atoms with van der Waals surface area (Å²) in [7, 11) is 0. The zero-order valence-electron chi connectivity index (χ0n) is 8.81. The van der Waals surface area contributed by atoms with Crippen molar-refractivity contribution in [2.75, 3.05) is 6.54 Å². The third kappa shape index (κ3) is 1.98. The van der Waals surface area contributed by atoms with E-state index in [1.165, 1.54) is 12.8 Å². The zero-order chi connectivity index (χ0) is 10.7. The zero-order valence-corrected chi connectivity index (χ0v) is 8.81. The number of hydrogen-bond acceptors (Lipinski definition) is 4. The highest BCUT2D eigenvalue weighted by Crippen LogP contribution is 2.23. The van der Waals surface area contributed by atoms with Gasteiger partial charge in [0.25, 0.3) is 11.7 Å². The predicted molar refractivity (Wildman–Crippen MR) is 53.1 cm³/mol. The van der Waals surface area contributed by atoms with Crippen LogP contribution in [0.2, 0.25) is 0 Å². The first-order valence-corrected chi connectivity index (χ1v) is 5.37. The standard InChI is InChI=1S/C9H15N5O/c1-2-14(7-5-3-4-6-7)9(15)8-10-12-13-11-8/h7H,2-6H2,1H3,(H,10,11,12,13). The Hall–Kier alpha value is -1.46. The van der Waals surface area contributed by atoms with E-state index in [2.05, 4.69) is 20.6 Å². The predicted octanol–water partition coefficient (Wildman–Crippen LogP) is 0.604. The number of aromatic amines is 1. The van der Waals surface area contributed by atoms with Crippen LogP contribution in [-0.4, -0.2) is 44.0 Å². The first kappa shape index (κ1) is 10.1. The summed E-state index contributed by atoms with van der Waals surface area (Å²) in [6, 6.07) is 0.362. The first-order valence-electron chi connectivity index (χ1n) is 5.37. The number of rotatable bonds is 3. The van der Waals surface area contributed by atoms with Gasteiger partial charge in [0.1, 0.15) is 0 Å². The lowest BCUT2D eigenvalue weighted by atomic mass is 10.2. The number of carbonyl (C=O) groups excluding carboxylic acids is 1. The van der Waals surface area contributed by atoms with Gasteiger partial charge in [-0.2, -0.15) is 5.21 Å². The summed E-state index contributed by atoms with van der Waals surface area (Å²) in [5, 5.41) is 13.1. The molecular formula is C9H15N5O. The molecule has 1 heterocycles. The van der Waals surface area contributed by atoms with Crippen LogP contribution in [0, 0.1) is 0 Å². The van der Waals surface area contributed by atoms with Gasteiger partial charge in [0.2, 0.25) is 0 Å². The fourth-order valence-corrected chi connectivity index (χ4v) is 2.16. The van der Waals surface area contributed by atoms with Crippen LogP contribution in [0.4, 0.5) is 0 Å². The van der Waals surface area contributed by atoms with Crippen LogP contribution in [0.3, 0.4) is 0 Å². The minimum absolute atomic E-state index is 0.113. The minimum Gasteiger partial charge on any atom is -0.333 e. The number of tetrazole rings is 1. The molecule has 6 nitrogen and oxygen atoms in total. The van der Waals surface area contributed by atoms with E-state index in [1.807, 2.05) is 11.8 Å². The molecule has 1 aliphatic rings. The molecule has 1 aliphatic carbocycles.